The summed E-state index contributed by atoms with van der Waals surface area (Å²) in [6.07, 6.45) is 7.66. The average molecular weight is 435 g/mol. The van der Waals surface area contributed by atoms with Gasteiger partial charge in [0.25, 0.3) is 5.91 Å². The van der Waals surface area contributed by atoms with Crippen LogP contribution in [0.1, 0.15) is 71.6 Å². The third-order valence-corrected chi connectivity index (χ3v) is 6.33. The van der Waals surface area contributed by atoms with Gasteiger partial charge in [-0.1, -0.05) is 26.2 Å². The molecule has 1 saturated heterocycles. The van der Waals surface area contributed by atoms with Gasteiger partial charge in [-0.3, -0.25) is 14.4 Å². The highest BCUT2D eigenvalue weighted by molar-refractivity contribution is 5.98. The van der Waals surface area contributed by atoms with Crippen LogP contribution in [0.2, 0.25) is 0 Å². The van der Waals surface area contributed by atoms with Crippen LogP contribution in [0, 0.1) is 5.92 Å². The lowest BCUT2D eigenvalue weighted by Gasteiger charge is -2.36. The predicted octanol–water partition coefficient (Wildman–Crippen LogP) is 2.77. The van der Waals surface area contributed by atoms with Gasteiger partial charge in [-0.05, 0) is 59.7 Å². The minimum atomic E-state index is -0.458. The molecule has 2 rings (SSSR count). The first-order valence-electron chi connectivity index (χ1n) is 12.1. The molecular weight excluding hydrogens is 392 g/mol. The van der Waals surface area contributed by atoms with Crippen LogP contribution >= 0.6 is 0 Å². The van der Waals surface area contributed by atoms with Gasteiger partial charge in [0.15, 0.2) is 0 Å². The van der Waals surface area contributed by atoms with Gasteiger partial charge in [-0.2, -0.15) is 0 Å². The first-order chi connectivity index (χ1) is 14.8. The number of carbonyl (C=O) groups is 3. The molecule has 0 aromatic heterocycles. The lowest BCUT2D eigenvalue weighted by molar-refractivity contribution is -0.138. The Kier molecular flexibility index (Phi) is 10.5. The minimum Gasteiger partial charge on any atom is -0.356 e. The number of allylic oxidation sites excluding steroid dienone is 1. The molecule has 0 aromatic carbocycles. The molecule has 1 fully saturated rings. The van der Waals surface area contributed by atoms with E-state index < -0.39 is 5.92 Å². The first-order valence-corrected chi connectivity index (χ1v) is 12.1. The Morgan fingerprint density at radius 1 is 1.10 bits per heavy atom. The molecule has 3 amide bonds. The van der Waals surface area contributed by atoms with Gasteiger partial charge in [-0.25, -0.2) is 0 Å². The summed E-state index contributed by atoms with van der Waals surface area (Å²) in [6, 6.07) is 0. The molecule has 2 aliphatic heterocycles. The van der Waals surface area contributed by atoms with Crippen LogP contribution in [0.3, 0.4) is 0 Å². The molecule has 1 atom stereocenters. The van der Waals surface area contributed by atoms with E-state index in [1.54, 1.807) is 4.90 Å². The predicted molar refractivity (Wildman–Crippen MR) is 123 cm³/mol. The Balaban J connectivity index is 2.10. The van der Waals surface area contributed by atoms with E-state index in [0.717, 1.165) is 63.0 Å². The van der Waals surface area contributed by atoms with Gasteiger partial charge in [0.05, 0.1) is 5.92 Å². The molecule has 176 valence electrons. The molecule has 7 heteroatoms. The van der Waals surface area contributed by atoms with Crippen molar-refractivity contribution in [1.82, 2.24) is 20.0 Å². The summed E-state index contributed by atoms with van der Waals surface area (Å²) in [4.78, 5) is 44.9. The van der Waals surface area contributed by atoms with Crippen molar-refractivity contribution < 1.29 is 14.4 Å². The van der Waals surface area contributed by atoms with Crippen LogP contribution in [0.4, 0.5) is 0 Å². The van der Waals surface area contributed by atoms with Gasteiger partial charge in [-0.15, -0.1) is 0 Å². The van der Waals surface area contributed by atoms with Crippen molar-refractivity contribution in [3.63, 3.8) is 0 Å². The summed E-state index contributed by atoms with van der Waals surface area (Å²) >= 11 is 0. The van der Waals surface area contributed by atoms with Crippen molar-refractivity contribution in [3.8, 4) is 0 Å². The normalized spacial score (nSPS) is 20.3. The van der Waals surface area contributed by atoms with E-state index in [4.69, 9.17) is 0 Å². The fraction of sp³-hybridized carbons (Fsp3) is 0.792. The first kappa shape index (κ1) is 25.4. The highest BCUT2D eigenvalue weighted by atomic mass is 16.2. The molecule has 0 spiro atoms. The van der Waals surface area contributed by atoms with Gasteiger partial charge in [0, 0.05) is 43.9 Å². The maximum Gasteiger partial charge on any atom is 0.251 e. The third kappa shape index (κ3) is 7.63. The summed E-state index contributed by atoms with van der Waals surface area (Å²) in [6.45, 7) is 7.69. The molecule has 0 aliphatic carbocycles. The van der Waals surface area contributed by atoms with E-state index in [9.17, 15) is 14.4 Å². The van der Waals surface area contributed by atoms with Crippen LogP contribution in [0.25, 0.3) is 0 Å². The lowest BCUT2D eigenvalue weighted by atomic mass is 9.88. The molecule has 7 nitrogen and oxygen atoms in total. The van der Waals surface area contributed by atoms with Crippen molar-refractivity contribution in [1.29, 1.82) is 0 Å². The fourth-order valence-corrected chi connectivity index (χ4v) is 4.41. The summed E-state index contributed by atoms with van der Waals surface area (Å²) in [7, 11) is 4.01. The second-order valence-electron chi connectivity index (χ2n) is 9.23. The van der Waals surface area contributed by atoms with Crippen molar-refractivity contribution in [3.05, 3.63) is 11.3 Å². The monoisotopic (exact) mass is 434 g/mol. The molecule has 0 bridgehead atoms. The number of hydrogen-bond acceptors (Lipinski definition) is 4. The second kappa shape index (κ2) is 12.8. The molecule has 31 heavy (non-hydrogen) atoms. The number of rotatable bonds is 10. The van der Waals surface area contributed by atoms with Crippen molar-refractivity contribution >= 4 is 17.7 Å². The molecule has 0 radical (unpaired) electrons. The lowest BCUT2D eigenvalue weighted by Crippen LogP contribution is -2.45. The Morgan fingerprint density at radius 2 is 1.77 bits per heavy atom. The SMILES string of the molecule is CCCCN1C(=O)C(CC(=O)NCCCN(C)C)CC(C(=O)N2CCCCCC2)=C1C. The standard InChI is InChI=1S/C24H42N4O3/c1-5-6-16-28-19(2)21(24(31)27-14-9-7-8-10-15-27)17-20(23(28)30)18-22(29)25-12-11-13-26(3)4/h20H,5-18H2,1-4H3,(H,25,29). The second-order valence-corrected chi connectivity index (χ2v) is 9.23. The minimum absolute atomic E-state index is 0.0122. The van der Waals surface area contributed by atoms with E-state index in [1.165, 1.54) is 12.8 Å². The molecule has 0 saturated carbocycles. The molecule has 2 aliphatic rings. The molecule has 0 aromatic rings. The zero-order chi connectivity index (χ0) is 22.8. The van der Waals surface area contributed by atoms with E-state index in [2.05, 4.69) is 17.1 Å². The van der Waals surface area contributed by atoms with E-state index in [1.807, 2.05) is 25.9 Å². The smallest absolute Gasteiger partial charge is 0.251 e. The number of likely N-dealkylation sites (tertiary alicyclic amines) is 1. The van der Waals surface area contributed by atoms with E-state index in [-0.39, 0.29) is 24.1 Å². The number of unbranched alkanes of at least 4 members (excludes halogenated alkanes) is 1. The number of carbonyl (C=O) groups excluding carboxylic acids is 3. The maximum atomic E-state index is 13.4. The zero-order valence-electron chi connectivity index (χ0n) is 20.0. The quantitative estimate of drug-likeness (QED) is 0.537. The van der Waals surface area contributed by atoms with Crippen LogP contribution in [-0.4, -0.2) is 79.2 Å². The fourth-order valence-electron chi connectivity index (χ4n) is 4.41. The Labute approximate surface area is 188 Å². The summed E-state index contributed by atoms with van der Waals surface area (Å²) in [5.74, 6) is -0.513. The summed E-state index contributed by atoms with van der Waals surface area (Å²) < 4.78 is 0. The van der Waals surface area contributed by atoms with Crippen LogP contribution in [0.5, 0.6) is 0 Å². The summed E-state index contributed by atoms with van der Waals surface area (Å²) in [5, 5.41) is 2.94. The molecule has 1 unspecified atom stereocenters. The van der Waals surface area contributed by atoms with Crippen LogP contribution < -0.4 is 5.32 Å². The van der Waals surface area contributed by atoms with Gasteiger partial charge in [0.2, 0.25) is 11.8 Å². The van der Waals surface area contributed by atoms with Gasteiger partial charge >= 0.3 is 0 Å². The number of hydrogen-bond donors (Lipinski definition) is 1. The molecule has 2 heterocycles. The van der Waals surface area contributed by atoms with Gasteiger partial charge in [0.1, 0.15) is 0 Å². The van der Waals surface area contributed by atoms with Crippen LogP contribution in [-0.2, 0) is 14.4 Å². The molecule has 1 N–H and O–H groups in total. The van der Waals surface area contributed by atoms with Crippen molar-refractivity contribution in [2.75, 3.05) is 46.8 Å². The van der Waals surface area contributed by atoms with Gasteiger partial charge < -0.3 is 20.0 Å². The number of amides is 3. The van der Waals surface area contributed by atoms with Crippen LogP contribution in [0.15, 0.2) is 11.3 Å². The zero-order valence-corrected chi connectivity index (χ0v) is 20.0. The maximum absolute atomic E-state index is 13.4. The Hall–Kier alpha value is -1.89. The highest BCUT2D eigenvalue weighted by Crippen LogP contribution is 2.31. The third-order valence-electron chi connectivity index (χ3n) is 6.33. The molecular formula is C24H42N4O3. The largest absolute Gasteiger partial charge is 0.356 e. The van der Waals surface area contributed by atoms with E-state index >= 15 is 0 Å². The highest BCUT2D eigenvalue weighted by Gasteiger charge is 2.37. The van der Waals surface area contributed by atoms with Crippen molar-refractivity contribution in [2.24, 2.45) is 5.92 Å². The average Bonchev–Trinajstić information content (AvgIpc) is 3.02. The number of nitrogens with zero attached hydrogens (tertiary/aromatic N) is 3. The topological polar surface area (TPSA) is 73.0 Å². The summed E-state index contributed by atoms with van der Waals surface area (Å²) in [5.41, 5.74) is 1.51. The Bertz CT molecular complexity index is 651. The van der Waals surface area contributed by atoms with Crippen molar-refractivity contribution in [2.45, 2.75) is 71.6 Å². The Morgan fingerprint density at radius 3 is 2.39 bits per heavy atom. The number of nitrogens with one attached hydrogen (secondary N) is 1. The van der Waals surface area contributed by atoms with E-state index in [0.29, 0.717) is 19.5 Å².